The van der Waals surface area contributed by atoms with Crippen molar-refractivity contribution in [1.82, 2.24) is 0 Å². The quantitative estimate of drug-likeness (QED) is 0.440. The molecule has 0 fully saturated rings. The van der Waals surface area contributed by atoms with E-state index in [2.05, 4.69) is 0 Å². The molecular weight excluding hydrogens is 198 g/mol. The molecule has 32 valence electrons. The van der Waals surface area contributed by atoms with E-state index >= 15 is 0 Å². The fourth-order valence-electron chi connectivity index (χ4n) is 0. The third-order valence-corrected chi connectivity index (χ3v) is 0. The molecule has 0 bridgehead atoms. The summed E-state index contributed by atoms with van der Waals surface area (Å²) in [6.45, 7) is 0. The second-order valence-corrected chi connectivity index (χ2v) is 0. The number of hydrogen-bond acceptors (Lipinski definition) is 3. The van der Waals surface area contributed by atoms with Gasteiger partial charge < -0.3 is 0 Å². The summed E-state index contributed by atoms with van der Waals surface area (Å²) >= 11 is 1.92. The molecule has 0 spiro atoms. The van der Waals surface area contributed by atoms with Crippen LogP contribution in [-0.2, 0) is 30.8 Å². The van der Waals surface area contributed by atoms with E-state index in [4.69, 9.17) is 11.0 Å². The van der Waals surface area contributed by atoms with Gasteiger partial charge in [-0.2, -0.15) is 0 Å². The molecule has 6 heteroatoms. The molecule has 0 rings (SSSR count). The Morgan fingerprint density at radius 1 is 0.833 bits per heavy atom. The van der Waals surface area contributed by atoms with Crippen molar-refractivity contribution in [3.63, 3.8) is 0 Å². The van der Waals surface area contributed by atoms with E-state index in [9.17, 15) is 0 Å². The van der Waals surface area contributed by atoms with Crippen molar-refractivity contribution in [3.05, 3.63) is 0 Å². The molecule has 0 heterocycles. The molecule has 0 saturated heterocycles. The third kappa shape index (κ3) is 66.8. The van der Waals surface area contributed by atoms with Gasteiger partial charge in [-0.3, -0.25) is 0 Å². The monoisotopic (exact) mass is 202 g/mol. The van der Waals surface area contributed by atoms with Gasteiger partial charge in [0.1, 0.15) is 0 Å². The van der Waals surface area contributed by atoms with Gasteiger partial charge in [0, 0.05) is 0 Å². The molecular formula is H2Al2MoO3. The molecule has 0 aliphatic carbocycles. The second-order valence-electron chi connectivity index (χ2n) is 0. The normalized spacial score (nSPS) is 1.67. The van der Waals surface area contributed by atoms with Crippen LogP contribution in [0.1, 0.15) is 0 Å². The topological polar surface area (TPSA) is 51.2 Å². The van der Waals surface area contributed by atoms with Gasteiger partial charge in [-0.05, 0) is 0 Å². The summed E-state index contributed by atoms with van der Waals surface area (Å²) < 4.78 is 24.8. The molecule has 0 aliphatic heterocycles. The van der Waals surface area contributed by atoms with Crippen LogP contribution in [0.25, 0.3) is 0 Å². The zero-order valence-electron chi connectivity index (χ0n) is 3.05. The molecule has 6 heavy (non-hydrogen) atoms. The average Bonchev–Trinajstić information content (AvgIpc) is 1.81. The van der Waals surface area contributed by atoms with E-state index < -0.39 is 0 Å². The van der Waals surface area contributed by atoms with Crippen molar-refractivity contribution in [3.8, 4) is 0 Å². The Bertz CT molecular complexity index is 13.5. The van der Waals surface area contributed by atoms with Crippen molar-refractivity contribution >= 4 is 32.4 Å². The fourth-order valence-corrected chi connectivity index (χ4v) is 0. The van der Waals surface area contributed by atoms with Gasteiger partial charge in [-0.1, -0.05) is 0 Å². The van der Waals surface area contributed by atoms with E-state index in [-0.39, 0.29) is 0 Å². The van der Waals surface area contributed by atoms with Crippen LogP contribution in [0.4, 0.5) is 0 Å². The van der Waals surface area contributed by atoms with Gasteiger partial charge in [0.25, 0.3) is 0 Å². The molecule has 0 N–H and O–H groups in total. The van der Waals surface area contributed by atoms with Gasteiger partial charge in [0.05, 0.1) is 0 Å². The van der Waals surface area contributed by atoms with Crippen LogP contribution in [0, 0.1) is 0 Å². The first-order valence-corrected chi connectivity index (χ1v) is 2.72. The Morgan fingerprint density at radius 2 is 0.833 bits per heavy atom. The summed E-state index contributed by atoms with van der Waals surface area (Å²) in [6.07, 6.45) is 0. The Kier molecular flexibility index (Phi) is 322. The van der Waals surface area contributed by atoms with Crippen LogP contribution in [-0.4, -0.2) is 32.4 Å². The van der Waals surface area contributed by atoms with Crippen LogP contribution in [0.2, 0.25) is 0 Å². The van der Waals surface area contributed by atoms with E-state index in [0.29, 0.717) is 52.2 Å². The molecule has 0 aromatic rings. The molecule has 0 atom stereocenters. The van der Waals surface area contributed by atoms with Crippen molar-refractivity contribution < 1.29 is 30.8 Å². The minimum atomic E-state index is 0.611. The summed E-state index contributed by atoms with van der Waals surface area (Å²) in [5.74, 6) is 0. The molecule has 0 radical (unpaired) electrons. The standard InChI is InChI=1S/2Al.Mo.3O.2H. The molecule has 0 unspecified atom stereocenters. The summed E-state index contributed by atoms with van der Waals surface area (Å²) in [6, 6.07) is 0. The minimum absolute atomic E-state index is 0.611. The molecule has 3 nitrogen and oxygen atoms in total. The van der Waals surface area contributed by atoms with Crippen LogP contribution in [0.15, 0.2) is 0 Å². The first-order valence-electron chi connectivity index (χ1n) is 0.744. The van der Waals surface area contributed by atoms with Crippen molar-refractivity contribution in [2.75, 3.05) is 0 Å². The van der Waals surface area contributed by atoms with Gasteiger partial charge in [0.2, 0.25) is 0 Å². The van der Waals surface area contributed by atoms with Gasteiger partial charge in [-0.15, -0.1) is 0 Å². The third-order valence-electron chi connectivity index (χ3n) is 0. The van der Waals surface area contributed by atoms with E-state index in [1.807, 2.05) is 0 Å². The van der Waals surface area contributed by atoms with Crippen molar-refractivity contribution in [2.45, 2.75) is 0 Å². The number of rotatable bonds is 0. The Morgan fingerprint density at radius 3 is 0.833 bits per heavy atom. The van der Waals surface area contributed by atoms with Crippen LogP contribution >= 0.6 is 0 Å². The zero-order valence-corrected chi connectivity index (χ0v) is 7.88. The zero-order chi connectivity index (χ0) is 6.00. The van der Waals surface area contributed by atoms with E-state index in [0.717, 1.165) is 0 Å². The van der Waals surface area contributed by atoms with Crippen molar-refractivity contribution in [1.29, 1.82) is 0 Å². The second kappa shape index (κ2) is 123. The van der Waals surface area contributed by atoms with E-state index in [1.165, 1.54) is 0 Å². The first kappa shape index (κ1) is 15.7. The van der Waals surface area contributed by atoms with Gasteiger partial charge >= 0.3 is 63.2 Å². The predicted octanol–water partition coefficient (Wildman–Crippen LogP) is -1.66. The number of hydrogen-bond donors (Lipinski definition) is 0. The SMILES string of the molecule is [O]=[AlH].[O]=[AlH].[O]=[Mo]. The van der Waals surface area contributed by atoms with E-state index in [1.54, 1.807) is 0 Å². The van der Waals surface area contributed by atoms with Crippen LogP contribution in [0.3, 0.4) is 0 Å². The molecule has 0 aromatic carbocycles. The maximum absolute atomic E-state index is 8.28. The van der Waals surface area contributed by atoms with Gasteiger partial charge in [0.15, 0.2) is 0 Å². The summed E-state index contributed by atoms with van der Waals surface area (Å²) in [5, 5.41) is 0. The summed E-state index contributed by atoms with van der Waals surface area (Å²) in [4.78, 5) is 0. The van der Waals surface area contributed by atoms with Crippen molar-refractivity contribution in [2.24, 2.45) is 0 Å². The Labute approximate surface area is 63.0 Å². The first-order chi connectivity index (χ1) is 3.00. The summed E-state index contributed by atoms with van der Waals surface area (Å²) in [7, 11) is 0. The van der Waals surface area contributed by atoms with Gasteiger partial charge in [-0.25, -0.2) is 0 Å². The average molecular weight is 200 g/mol. The summed E-state index contributed by atoms with van der Waals surface area (Å²) in [5.41, 5.74) is 0. The molecule has 0 aromatic heterocycles. The molecule has 0 saturated carbocycles. The van der Waals surface area contributed by atoms with Crippen LogP contribution in [0.5, 0.6) is 0 Å². The predicted molar refractivity (Wildman–Crippen MR) is 16.4 cm³/mol. The molecule has 0 amide bonds. The Hall–Kier alpha value is 1.15. The van der Waals surface area contributed by atoms with Crippen LogP contribution < -0.4 is 0 Å². The molecule has 0 aliphatic rings. The Balaban J connectivity index is -0.0000000225. The maximum atomic E-state index is 8.28. The fraction of sp³-hybridized carbons (Fsp3) is 0.